The predicted molar refractivity (Wildman–Crippen MR) is 84.2 cm³/mol. The first-order chi connectivity index (χ1) is 10.2. The summed E-state index contributed by atoms with van der Waals surface area (Å²) in [6.45, 7) is 1.66. The lowest BCUT2D eigenvalue weighted by Crippen LogP contribution is -2.33. The molecule has 0 unspecified atom stereocenters. The summed E-state index contributed by atoms with van der Waals surface area (Å²) in [5.74, 6) is 0.280. The van der Waals surface area contributed by atoms with E-state index in [2.05, 4.69) is 31.4 Å². The van der Waals surface area contributed by atoms with Crippen LogP contribution in [-0.2, 0) is 4.79 Å². The number of pyridine rings is 1. The van der Waals surface area contributed by atoms with Crippen LogP contribution in [-0.4, -0.2) is 23.2 Å². The van der Waals surface area contributed by atoms with Crippen molar-refractivity contribution in [3.63, 3.8) is 0 Å². The highest BCUT2D eigenvalue weighted by molar-refractivity contribution is 9.10. The van der Waals surface area contributed by atoms with Gasteiger partial charge < -0.3 is 4.74 Å². The normalized spacial score (nSPS) is 12.1. The largest absolute Gasteiger partial charge is 0.480 e. The topological polar surface area (TPSA) is 63.6 Å². The molecule has 0 bridgehead atoms. The van der Waals surface area contributed by atoms with E-state index in [0.29, 0.717) is 5.75 Å². The maximum absolute atomic E-state index is 11.9. The van der Waals surface area contributed by atoms with Crippen molar-refractivity contribution in [2.24, 2.45) is 5.10 Å². The fourth-order valence-corrected chi connectivity index (χ4v) is 1.88. The molecule has 1 N–H and O–H groups in total. The van der Waals surface area contributed by atoms with Gasteiger partial charge in [0.1, 0.15) is 5.75 Å². The van der Waals surface area contributed by atoms with Crippen LogP contribution in [0.2, 0.25) is 0 Å². The zero-order valence-electron chi connectivity index (χ0n) is 11.4. The monoisotopic (exact) mass is 347 g/mol. The summed E-state index contributed by atoms with van der Waals surface area (Å²) in [7, 11) is 0. The Labute approximate surface area is 131 Å². The number of hydrogen-bond acceptors (Lipinski definition) is 4. The molecule has 1 amide bonds. The molecule has 0 aliphatic heterocycles. The molecule has 1 aromatic carbocycles. The van der Waals surface area contributed by atoms with E-state index in [9.17, 15) is 4.79 Å². The van der Waals surface area contributed by atoms with E-state index < -0.39 is 6.10 Å². The number of halogens is 1. The van der Waals surface area contributed by atoms with Crippen LogP contribution in [0, 0.1) is 0 Å². The van der Waals surface area contributed by atoms with Gasteiger partial charge in [0.25, 0.3) is 5.91 Å². The SMILES string of the molecule is C[C@H](Oc1ccccc1Br)C(=O)N/N=C\c1cccnc1. The third-order valence-electron chi connectivity index (χ3n) is 2.58. The summed E-state index contributed by atoms with van der Waals surface area (Å²) < 4.78 is 6.36. The summed E-state index contributed by atoms with van der Waals surface area (Å²) in [6, 6.07) is 11.0. The summed E-state index contributed by atoms with van der Waals surface area (Å²) in [5.41, 5.74) is 3.24. The molecule has 0 fully saturated rings. The summed E-state index contributed by atoms with van der Waals surface area (Å²) >= 11 is 3.36. The third kappa shape index (κ3) is 4.68. The number of nitrogens with zero attached hydrogens (tertiary/aromatic N) is 2. The van der Waals surface area contributed by atoms with Gasteiger partial charge in [0.05, 0.1) is 10.7 Å². The fourth-order valence-electron chi connectivity index (χ4n) is 1.50. The quantitative estimate of drug-likeness (QED) is 0.668. The Kier molecular flexibility index (Phi) is 5.45. The number of para-hydroxylation sites is 1. The molecular weight excluding hydrogens is 334 g/mol. The van der Waals surface area contributed by atoms with Crippen molar-refractivity contribution in [2.75, 3.05) is 0 Å². The van der Waals surface area contributed by atoms with Gasteiger partial charge in [-0.25, -0.2) is 5.43 Å². The number of rotatable bonds is 5. The standard InChI is InChI=1S/C15H14BrN3O2/c1-11(21-14-7-3-2-6-13(14)16)15(20)19-18-10-12-5-4-8-17-9-12/h2-11H,1H3,(H,19,20)/b18-10-/t11-/m0/s1. The Morgan fingerprint density at radius 1 is 1.38 bits per heavy atom. The Morgan fingerprint density at radius 3 is 2.90 bits per heavy atom. The van der Waals surface area contributed by atoms with E-state index in [-0.39, 0.29) is 5.91 Å². The number of carbonyl (C=O) groups is 1. The maximum Gasteiger partial charge on any atom is 0.280 e. The van der Waals surface area contributed by atoms with Crippen molar-refractivity contribution in [1.82, 2.24) is 10.4 Å². The summed E-state index contributed by atoms with van der Waals surface area (Å²) in [5, 5.41) is 3.87. The number of aromatic nitrogens is 1. The number of carbonyl (C=O) groups excluding carboxylic acids is 1. The molecular formula is C15H14BrN3O2. The van der Waals surface area contributed by atoms with E-state index in [0.717, 1.165) is 10.0 Å². The maximum atomic E-state index is 11.9. The van der Waals surface area contributed by atoms with Gasteiger partial charge in [0, 0.05) is 18.0 Å². The second-order valence-corrected chi connectivity index (χ2v) is 5.07. The minimum Gasteiger partial charge on any atom is -0.480 e. The minimum atomic E-state index is -0.658. The summed E-state index contributed by atoms with van der Waals surface area (Å²) in [4.78, 5) is 15.8. The van der Waals surface area contributed by atoms with Gasteiger partial charge in [0.2, 0.25) is 0 Å². The van der Waals surface area contributed by atoms with Crippen molar-refractivity contribution in [1.29, 1.82) is 0 Å². The van der Waals surface area contributed by atoms with Gasteiger partial charge in [0.15, 0.2) is 6.10 Å². The van der Waals surface area contributed by atoms with E-state index in [4.69, 9.17) is 4.74 Å². The Hall–Kier alpha value is -2.21. The molecule has 21 heavy (non-hydrogen) atoms. The first kappa shape index (κ1) is 15.2. The molecule has 0 aliphatic carbocycles. The average Bonchev–Trinajstić information content (AvgIpc) is 2.50. The van der Waals surface area contributed by atoms with E-state index in [1.807, 2.05) is 24.3 Å². The van der Waals surface area contributed by atoms with E-state index >= 15 is 0 Å². The van der Waals surface area contributed by atoms with Crippen LogP contribution < -0.4 is 10.2 Å². The number of hydrogen-bond donors (Lipinski definition) is 1. The van der Waals surface area contributed by atoms with E-state index in [1.165, 1.54) is 6.21 Å². The fraction of sp³-hybridized carbons (Fsp3) is 0.133. The zero-order valence-corrected chi connectivity index (χ0v) is 12.9. The van der Waals surface area contributed by atoms with Crippen LogP contribution in [0.5, 0.6) is 5.75 Å². The van der Waals surface area contributed by atoms with Crippen molar-refractivity contribution < 1.29 is 9.53 Å². The molecule has 0 saturated carbocycles. The predicted octanol–water partition coefficient (Wildman–Crippen LogP) is 2.76. The van der Waals surface area contributed by atoms with Crippen molar-refractivity contribution in [3.05, 3.63) is 58.8 Å². The van der Waals surface area contributed by atoms with E-state index in [1.54, 1.807) is 31.5 Å². The van der Waals surface area contributed by atoms with Gasteiger partial charge >= 0.3 is 0 Å². The highest BCUT2D eigenvalue weighted by Gasteiger charge is 2.14. The number of benzene rings is 1. The molecule has 1 aromatic heterocycles. The molecule has 0 aliphatic rings. The lowest BCUT2D eigenvalue weighted by molar-refractivity contribution is -0.127. The second-order valence-electron chi connectivity index (χ2n) is 4.21. The number of nitrogens with one attached hydrogen (secondary N) is 1. The van der Waals surface area contributed by atoms with Gasteiger partial charge in [-0.1, -0.05) is 18.2 Å². The van der Waals surface area contributed by atoms with Crippen LogP contribution in [0.25, 0.3) is 0 Å². The average molecular weight is 348 g/mol. The first-order valence-corrected chi connectivity index (χ1v) is 7.10. The molecule has 0 radical (unpaired) electrons. The minimum absolute atomic E-state index is 0.328. The van der Waals surface area contributed by atoms with Crippen LogP contribution in [0.4, 0.5) is 0 Å². The lowest BCUT2D eigenvalue weighted by atomic mass is 10.3. The molecule has 0 spiro atoms. The highest BCUT2D eigenvalue weighted by atomic mass is 79.9. The number of amides is 1. The second kappa shape index (κ2) is 7.54. The molecule has 0 saturated heterocycles. The molecule has 2 aromatic rings. The van der Waals surface area contributed by atoms with Crippen LogP contribution in [0.15, 0.2) is 58.4 Å². The van der Waals surface area contributed by atoms with Crippen LogP contribution in [0.1, 0.15) is 12.5 Å². The van der Waals surface area contributed by atoms with Crippen LogP contribution in [0.3, 0.4) is 0 Å². The van der Waals surface area contributed by atoms with Gasteiger partial charge in [-0.15, -0.1) is 0 Å². The number of ether oxygens (including phenoxy) is 1. The summed E-state index contributed by atoms with van der Waals surface area (Å²) in [6.07, 6.45) is 4.19. The molecule has 1 heterocycles. The molecule has 5 nitrogen and oxygen atoms in total. The molecule has 108 valence electrons. The smallest absolute Gasteiger partial charge is 0.280 e. The molecule has 2 rings (SSSR count). The van der Waals surface area contributed by atoms with Crippen molar-refractivity contribution in [3.8, 4) is 5.75 Å². The molecule has 1 atom stereocenters. The Bertz CT molecular complexity index is 632. The van der Waals surface area contributed by atoms with Gasteiger partial charge in [-0.2, -0.15) is 5.10 Å². The first-order valence-electron chi connectivity index (χ1n) is 6.31. The van der Waals surface area contributed by atoms with Crippen molar-refractivity contribution >= 4 is 28.1 Å². The number of hydrazone groups is 1. The molecule has 6 heteroatoms. The van der Waals surface area contributed by atoms with Gasteiger partial charge in [-0.05, 0) is 41.1 Å². The van der Waals surface area contributed by atoms with Crippen LogP contribution >= 0.6 is 15.9 Å². The Morgan fingerprint density at radius 2 is 2.19 bits per heavy atom. The zero-order chi connectivity index (χ0) is 15.1. The lowest BCUT2D eigenvalue weighted by Gasteiger charge is -2.13. The Balaban J connectivity index is 1.88. The van der Waals surface area contributed by atoms with Gasteiger partial charge in [-0.3, -0.25) is 9.78 Å². The third-order valence-corrected chi connectivity index (χ3v) is 3.24. The highest BCUT2D eigenvalue weighted by Crippen LogP contribution is 2.24. The van der Waals surface area contributed by atoms with Crippen molar-refractivity contribution in [2.45, 2.75) is 13.0 Å².